The number of ether oxygens (including phenoxy) is 1. The number of aryl methyl sites for hydroxylation is 1. The molecule has 4 nitrogen and oxygen atoms in total. The average Bonchev–Trinajstić information content (AvgIpc) is 2.65. The van der Waals surface area contributed by atoms with Gasteiger partial charge in [-0.15, -0.1) is 0 Å². The molecule has 0 atom stereocenters. The Morgan fingerprint density at radius 2 is 1.76 bits per heavy atom. The van der Waals surface area contributed by atoms with Crippen LogP contribution in [-0.2, 0) is 20.7 Å². The minimum absolute atomic E-state index is 0.148. The molecule has 0 saturated carbocycles. The lowest BCUT2D eigenvalue weighted by Crippen LogP contribution is -2.28. The van der Waals surface area contributed by atoms with Gasteiger partial charge in [0.1, 0.15) is 6.54 Å². The zero-order valence-corrected chi connectivity index (χ0v) is 14.8. The van der Waals surface area contributed by atoms with E-state index in [2.05, 4.69) is 10.1 Å². The van der Waals surface area contributed by atoms with Gasteiger partial charge in [-0.1, -0.05) is 54.1 Å². The predicted molar refractivity (Wildman–Crippen MR) is 99.2 cm³/mol. The number of nitrogens with one attached hydrogen (secondary N) is 1. The first-order valence-electron chi connectivity index (χ1n) is 7.93. The van der Waals surface area contributed by atoms with Gasteiger partial charge in [-0.25, -0.2) is 0 Å². The second-order valence-electron chi connectivity index (χ2n) is 5.46. The molecule has 0 bridgehead atoms. The van der Waals surface area contributed by atoms with Crippen LogP contribution in [0.4, 0.5) is 0 Å². The van der Waals surface area contributed by atoms with Crippen LogP contribution < -0.4 is 5.32 Å². The molecular formula is C20H20ClNO3. The number of rotatable bonds is 7. The normalized spacial score (nSPS) is 11.0. The van der Waals surface area contributed by atoms with E-state index >= 15 is 0 Å². The predicted octanol–water partition coefficient (Wildman–Crippen LogP) is 3.65. The molecular weight excluding hydrogens is 338 g/mol. The van der Waals surface area contributed by atoms with Gasteiger partial charge in [-0.2, -0.15) is 0 Å². The van der Waals surface area contributed by atoms with Crippen molar-refractivity contribution < 1.29 is 14.3 Å². The van der Waals surface area contributed by atoms with Gasteiger partial charge in [0.25, 0.3) is 0 Å². The van der Waals surface area contributed by atoms with Crippen molar-refractivity contribution in [2.24, 2.45) is 0 Å². The smallest absolute Gasteiger partial charge is 0.325 e. The molecule has 0 fully saturated rings. The quantitative estimate of drug-likeness (QED) is 0.608. The molecule has 0 spiro atoms. The standard InChI is InChI=1S/C20H20ClNO3/c1-25-20(24)14-22-19(23)13-17(16-5-3-2-4-6-16)10-7-15-8-11-18(21)12-9-15/h2-6,8-9,11-13H,7,10,14H2,1H3,(H,22,23)/b17-13+. The zero-order chi connectivity index (χ0) is 18.1. The minimum atomic E-state index is -0.482. The summed E-state index contributed by atoms with van der Waals surface area (Å²) < 4.78 is 4.52. The molecule has 2 rings (SSSR count). The van der Waals surface area contributed by atoms with Gasteiger partial charge >= 0.3 is 5.97 Å². The van der Waals surface area contributed by atoms with Crippen molar-refractivity contribution in [3.63, 3.8) is 0 Å². The first-order chi connectivity index (χ1) is 12.1. The van der Waals surface area contributed by atoms with E-state index in [1.54, 1.807) is 0 Å². The van der Waals surface area contributed by atoms with E-state index in [0.29, 0.717) is 11.4 Å². The molecule has 2 aromatic carbocycles. The molecule has 130 valence electrons. The first-order valence-corrected chi connectivity index (χ1v) is 8.31. The summed E-state index contributed by atoms with van der Waals surface area (Å²) in [5.74, 6) is -0.801. The fourth-order valence-corrected chi connectivity index (χ4v) is 2.45. The Bertz CT molecular complexity index is 739. The van der Waals surface area contributed by atoms with Crippen LogP contribution in [0.15, 0.2) is 60.7 Å². The Balaban J connectivity index is 2.10. The summed E-state index contributed by atoms with van der Waals surface area (Å²) in [6.07, 6.45) is 3.01. The van der Waals surface area contributed by atoms with Crippen LogP contribution in [0, 0.1) is 0 Å². The van der Waals surface area contributed by atoms with Crippen molar-refractivity contribution in [3.8, 4) is 0 Å². The van der Waals surface area contributed by atoms with Crippen molar-refractivity contribution in [1.29, 1.82) is 0 Å². The summed E-state index contributed by atoms with van der Waals surface area (Å²) in [6.45, 7) is -0.148. The maximum atomic E-state index is 12.1. The summed E-state index contributed by atoms with van der Waals surface area (Å²) in [4.78, 5) is 23.2. The van der Waals surface area contributed by atoms with Crippen LogP contribution in [0.2, 0.25) is 5.02 Å². The fraction of sp³-hybridized carbons (Fsp3) is 0.200. The molecule has 1 N–H and O–H groups in total. The number of hydrogen-bond acceptors (Lipinski definition) is 3. The van der Waals surface area contributed by atoms with Gasteiger partial charge in [-0.3, -0.25) is 9.59 Å². The Morgan fingerprint density at radius 1 is 1.08 bits per heavy atom. The van der Waals surface area contributed by atoms with Crippen LogP contribution >= 0.6 is 11.6 Å². The molecule has 25 heavy (non-hydrogen) atoms. The number of allylic oxidation sites excluding steroid dienone is 1. The number of esters is 1. The van der Waals surface area contributed by atoms with Crippen molar-refractivity contribution in [2.45, 2.75) is 12.8 Å². The Morgan fingerprint density at radius 3 is 2.40 bits per heavy atom. The number of halogens is 1. The second kappa shape index (κ2) is 9.64. The largest absolute Gasteiger partial charge is 0.468 e. The van der Waals surface area contributed by atoms with E-state index in [4.69, 9.17) is 11.6 Å². The van der Waals surface area contributed by atoms with Gasteiger partial charge in [0.2, 0.25) is 5.91 Å². The maximum absolute atomic E-state index is 12.1. The van der Waals surface area contributed by atoms with Crippen LogP contribution in [0.5, 0.6) is 0 Å². The lowest BCUT2D eigenvalue weighted by Gasteiger charge is -2.09. The van der Waals surface area contributed by atoms with Crippen LogP contribution in [-0.4, -0.2) is 25.5 Å². The van der Waals surface area contributed by atoms with Gasteiger partial charge in [-0.05, 0) is 41.7 Å². The summed E-state index contributed by atoms with van der Waals surface area (Å²) in [6, 6.07) is 17.4. The van der Waals surface area contributed by atoms with E-state index in [0.717, 1.165) is 23.1 Å². The van der Waals surface area contributed by atoms with Gasteiger partial charge < -0.3 is 10.1 Å². The third-order valence-corrected chi connectivity index (χ3v) is 3.93. The zero-order valence-electron chi connectivity index (χ0n) is 14.0. The van der Waals surface area contributed by atoms with Crippen molar-refractivity contribution in [3.05, 3.63) is 76.8 Å². The Hall–Kier alpha value is -2.59. The molecule has 2 aromatic rings. The number of carbonyl (C=O) groups is 2. The third kappa shape index (κ3) is 6.43. The molecule has 0 heterocycles. The topological polar surface area (TPSA) is 55.4 Å². The van der Waals surface area contributed by atoms with E-state index in [-0.39, 0.29) is 12.5 Å². The fourth-order valence-electron chi connectivity index (χ4n) is 2.32. The van der Waals surface area contributed by atoms with Gasteiger partial charge in [0.05, 0.1) is 7.11 Å². The molecule has 1 amide bonds. The highest BCUT2D eigenvalue weighted by Gasteiger charge is 2.07. The van der Waals surface area contributed by atoms with Crippen molar-refractivity contribution in [1.82, 2.24) is 5.32 Å². The number of carbonyl (C=O) groups excluding carboxylic acids is 2. The molecule has 0 radical (unpaired) electrons. The summed E-state index contributed by atoms with van der Waals surface area (Å²) in [7, 11) is 1.28. The van der Waals surface area contributed by atoms with E-state index < -0.39 is 5.97 Å². The molecule has 0 aromatic heterocycles. The van der Waals surface area contributed by atoms with Crippen LogP contribution in [0.1, 0.15) is 17.5 Å². The molecule has 5 heteroatoms. The molecule has 0 aliphatic rings. The molecule has 0 unspecified atom stereocenters. The van der Waals surface area contributed by atoms with Crippen molar-refractivity contribution >= 4 is 29.1 Å². The van der Waals surface area contributed by atoms with Gasteiger partial charge in [0, 0.05) is 11.1 Å². The highest BCUT2D eigenvalue weighted by atomic mass is 35.5. The van der Waals surface area contributed by atoms with E-state index in [1.165, 1.54) is 13.2 Å². The van der Waals surface area contributed by atoms with Crippen LogP contribution in [0.3, 0.4) is 0 Å². The summed E-state index contributed by atoms with van der Waals surface area (Å²) in [5, 5.41) is 3.23. The lowest BCUT2D eigenvalue weighted by molar-refractivity contribution is -0.140. The van der Waals surface area contributed by atoms with E-state index in [9.17, 15) is 9.59 Å². The summed E-state index contributed by atoms with van der Waals surface area (Å²) >= 11 is 5.91. The third-order valence-electron chi connectivity index (χ3n) is 3.68. The molecule has 0 aliphatic heterocycles. The summed E-state index contributed by atoms with van der Waals surface area (Å²) in [5.41, 5.74) is 3.02. The highest BCUT2D eigenvalue weighted by Crippen LogP contribution is 2.21. The Kier molecular flexibility index (Phi) is 7.23. The highest BCUT2D eigenvalue weighted by molar-refractivity contribution is 6.30. The molecule has 0 aliphatic carbocycles. The minimum Gasteiger partial charge on any atom is -0.468 e. The molecule has 0 saturated heterocycles. The Labute approximate surface area is 152 Å². The maximum Gasteiger partial charge on any atom is 0.325 e. The number of methoxy groups -OCH3 is 1. The van der Waals surface area contributed by atoms with Crippen LogP contribution in [0.25, 0.3) is 5.57 Å². The first kappa shape index (κ1) is 18.7. The van der Waals surface area contributed by atoms with E-state index in [1.807, 2.05) is 54.6 Å². The lowest BCUT2D eigenvalue weighted by atomic mass is 9.98. The number of amides is 1. The SMILES string of the molecule is COC(=O)CNC(=O)/C=C(\CCc1ccc(Cl)cc1)c1ccccc1. The average molecular weight is 358 g/mol. The number of hydrogen-bond donors (Lipinski definition) is 1. The second-order valence-corrected chi connectivity index (χ2v) is 5.89. The number of benzene rings is 2. The van der Waals surface area contributed by atoms with Gasteiger partial charge in [0.15, 0.2) is 0 Å². The van der Waals surface area contributed by atoms with Crippen molar-refractivity contribution in [2.75, 3.05) is 13.7 Å². The monoisotopic (exact) mass is 357 g/mol.